The minimum Gasteiger partial charge on any atom is -0.481 e. The van der Waals surface area contributed by atoms with E-state index in [-0.39, 0.29) is 18.9 Å². The lowest BCUT2D eigenvalue weighted by Crippen LogP contribution is -2.29. The molecule has 0 unspecified atom stereocenters. The molecule has 156 valence electrons. The Labute approximate surface area is 184 Å². The van der Waals surface area contributed by atoms with Crippen LogP contribution in [0.5, 0.6) is 0 Å². The number of amides is 1. The van der Waals surface area contributed by atoms with E-state index in [9.17, 15) is 14.7 Å². The Morgan fingerprint density at radius 3 is 2.70 bits per heavy atom. The van der Waals surface area contributed by atoms with Gasteiger partial charge in [0.05, 0.1) is 22.9 Å². The highest BCUT2D eigenvalue weighted by Crippen LogP contribution is 2.33. The van der Waals surface area contributed by atoms with Crippen LogP contribution < -0.4 is 0 Å². The highest BCUT2D eigenvalue weighted by Gasteiger charge is 2.31. The van der Waals surface area contributed by atoms with E-state index >= 15 is 0 Å². The van der Waals surface area contributed by atoms with Crippen molar-refractivity contribution in [3.63, 3.8) is 0 Å². The summed E-state index contributed by atoms with van der Waals surface area (Å²) in [5, 5.41) is 18.3. The number of unbranched alkanes of at least 4 members (excludes halogenated alkanes) is 2. The van der Waals surface area contributed by atoms with Crippen LogP contribution in [-0.2, 0) is 16.2 Å². The number of benzene rings is 1. The van der Waals surface area contributed by atoms with Crippen LogP contribution in [0.1, 0.15) is 36.9 Å². The first kappa shape index (κ1) is 22.1. The number of aliphatic hydroxyl groups is 1. The van der Waals surface area contributed by atoms with Crippen LogP contribution in [0.4, 0.5) is 0 Å². The SMILES string of the molecule is O=C(O)CCCCCN1C(=O)/C(=C/c2cccc(-c3ccccc3CO)n2)SC1=S. The lowest BCUT2D eigenvalue weighted by molar-refractivity contribution is -0.137. The molecule has 1 aliphatic rings. The van der Waals surface area contributed by atoms with Crippen molar-refractivity contribution in [1.82, 2.24) is 9.88 Å². The molecule has 1 fully saturated rings. The third-order valence-electron chi connectivity index (χ3n) is 4.66. The number of carboxylic acid groups (broad SMARTS) is 1. The molecule has 8 heteroatoms. The molecule has 0 saturated carbocycles. The number of thioether (sulfide) groups is 1. The molecule has 1 aromatic heterocycles. The summed E-state index contributed by atoms with van der Waals surface area (Å²) in [6, 6.07) is 13.1. The first-order valence-electron chi connectivity index (χ1n) is 9.63. The number of aliphatic carboxylic acids is 1. The number of carbonyl (C=O) groups is 2. The maximum absolute atomic E-state index is 12.7. The number of pyridine rings is 1. The molecule has 2 aromatic rings. The van der Waals surface area contributed by atoms with E-state index in [0.29, 0.717) is 34.3 Å². The summed E-state index contributed by atoms with van der Waals surface area (Å²) in [7, 11) is 0. The van der Waals surface area contributed by atoms with E-state index in [4.69, 9.17) is 17.3 Å². The van der Waals surface area contributed by atoms with Crippen LogP contribution in [-0.4, -0.2) is 42.8 Å². The van der Waals surface area contributed by atoms with Crippen molar-refractivity contribution in [3.8, 4) is 11.3 Å². The molecule has 1 amide bonds. The molecule has 0 bridgehead atoms. The van der Waals surface area contributed by atoms with Gasteiger partial charge in [-0.2, -0.15) is 0 Å². The summed E-state index contributed by atoms with van der Waals surface area (Å²) in [6.45, 7) is 0.409. The molecule has 6 nitrogen and oxygen atoms in total. The second kappa shape index (κ2) is 10.5. The first-order chi connectivity index (χ1) is 14.5. The molecule has 0 aliphatic carbocycles. The van der Waals surface area contributed by atoms with Crippen molar-refractivity contribution >= 4 is 46.3 Å². The molecule has 3 rings (SSSR count). The van der Waals surface area contributed by atoms with Gasteiger partial charge in [0.15, 0.2) is 0 Å². The van der Waals surface area contributed by atoms with Crippen LogP contribution in [0.15, 0.2) is 47.4 Å². The van der Waals surface area contributed by atoms with Gasteiger partial charge in [0.25, 0.3) is 5.91 Å². The van der Waals surface area contributed by atoms with Crippen LogP contribution in [0, 0.1) is 0 Å². The predicted octanol–water partition coefficient (Wildman–Crippen LogP) is 4.09. The molecule has 2 N–H and O–H groups in total. The Bertz CT molecular complexity index is 991. The predicted molar refractivity (Wildman–Crippen MR) is 122 cm³/mol. The Balaban J connectivity index is 1.70. The Morgan fingerprint density at radius 2 is 1.93 bits per heavy atom. The number of aliphatic hydroxyl groups excluding tert-OH is 1. The van der Waals surface area contributed by atoms with Crippen LogP contribution in [0.25, 0.3) is 17.3 Å². The average Bonchev–Trinajstić information content (AvgIpc) is 3.00. The fourth-order valence-corrected chi connectivity index (χ4v) is 4.43. The molecule has 2 heterocycles. The topological polar surface area (TPSA) is 90.7 Å². The molecule has 1 saturated heterocycles. The normalized spacial score (nSPS) is 15.2. The summed E-state index contributed by atoms with van der Waals surface area (Å²) in [6.07, 6.45) is 3.90. The summed E-state index contributed by atoms with van der Waals surface area (Å²) in [5.41, 5.74) is 3.00. The maximum atomic E-state index is 12.7. The van der Waals surface area contributed by atoms with E-state index in [1.165, 1.54) is 11.8 Å². The van der Waals surface area contributed by atoms with Gasteiger partial charge in [0.2, 0.25) is 0 Å². The van der Waals surface area contributed by atoms with Crippen molar-refractivity contribution in [1.29, 1.82) is 0 Å². The van der Waals surface area contributed by atoms with E-state index in [0.717, 1.165) is 23.2 Å². The Morgan fingerprint density at radius 1 is 1.13 bits per heavy atom. The molecule has 0 radical (unpaired) electrons. The third kappa shape index (κ3) is 5.53. The van der Waals surface area contributed by atoms with Crippen molar-refractivity contribution in [2.24, 2.45) is 0 Å². The third-order valence-corrected chi connectivity index (χ3v) is 6.04. The van der Waals surface area contributed by atoms with Crippen LogP contribution >= 0.6 is 24.0 Å². The zero-order valence-electron chi connectivity index (χ0n) is 16.3. The number of rotatable bonds is 9. The molecule has 30 heavy (non-hydrogen) atoms. The summed E-state index contributed by atoms with van der Waals surface area (Å²) in [4.78, 5) is 30.0. The fraction of sp³-hybridized carbons (Fsp3) is 0.273. The van der Waals surface area contributed by atoms with E-state index in [1.54, 1.807) is 11.0 Å². The van der Waals surface area contributed by atoms with E-state index < -0.39 is 5.97 Å². The van der Waals surface area contributed by atoms with Gasteiger partial charge in [-0.15, -0.1) is 0 Å². The zero-order valence-corrected chi connectivity index (χ0v) is 17.9. The number of nitrogens with zero attached hydrogens (tertiary/aromatic N) is 2. The number of carboxylic acids is 1. The largest absolute Gasteiger partial charge is 0.481 e. The Kier molecular flexibility index (Phi) is 7.73. The van der Waals surface area contributed by atoms with Crippen molar-refractivity contribution in [2.45, 2.75) is 32.3 Å². The average molecular weight is 443 g/mol. The standard InChI is InChI=1S/C22H22N2O4S2/c25-14-15-7-3-4-9-17(15)18-10-6-8-16(23-18)13-19-21(28)24(22(29)30-19)12-5-1-2-11-20(26)27/h3-4,6-10,13,25H,1-2,5,11-12,14H2,(H,26,27)/b19-13-. The van der Waals surface area contributed by atoms with Crippen LogP contribution in [0.3, 0.4) is 0 Å². The minimum atomic E-state index is -0.806. The quantitative estimate of drug-likeness (QED) is 0.343. The molecular weight excluding hydrogens is 420 g/mol. The van der Waals surface area contributed by atoms with Gasteiger partial charge >= 0.3 is 5.97 Å². The number of hydrogen-bond donors (Lipinski definition) is 2. The number of thiocarbonyl (C=S) groups is 1. The van der Waals surface area contributed by atoms with Crippen molar-refractivity contribution in [3.05, 3.63) is 58.6 Å². The van der Waals surface area contributed by atoms with Gasteiger partial charge in [-0.25, -0.2) is 4.98 Å². The van der Waals surface area contributed by atoms with E-state index in [2.05, 4.69) is 4.98 Å². The zero-order chi connectivity index (χ0) is 21.5. The minimum absolute atomic E-state index is 0.0762. The molecule has 0 spiro atoms. The summed E-state index contributed by atoms with van der Waals surface area (Å²) in [5.74, 6) is -0.953. The van der Waals surface area contributed by atoms with Gasteiger partial charge < -0.3 is 10.2 Å². The van der Waals surface area contributed by atoms with Gasteiger partial charge in [-0.3, -0.25) is 14.5 Å². The summed E-state index contributed by atoms with van der Waals surface area (Å²) < 4.78 is 0.506. The first-order valence-corrected chi connectivity index (χ1v) is 10.9. The maximum Gasteiger partial charge on any atom is 0.303 e. The highest BCUT2D eigenvalue weighted by molar-refractivity contribution is 8.26. The molecule has 0 atom stereocenters. The smallest absolute Gasteiger partial charge is 0.303 e. The lowest BCUT2D eigenvalue weighted by Gasteiger charge is -2.13. The van der Waals surface area contributed by atoms with Gasteiger partial charge in [-0.1, -0.05) is 60.7 Å². The molecular formula is C22H22N2O4S2. The van der Waals surface area contributed by atoms with Gasteiger partial charge in [-0.05, 0) is 36.6 Å². The monoisotopic (exact) mass is 442 g/mol. The second-order valence-electron chi connectivity index (χ2n) is 6.80. The van der Waals surface area contributed by atoms with Crippen molar-refractivity contribution < 1.29 is 19.8 Å². The Hall–Kier alpha value is -2.55. The fourth-order valence-electron chi connectivity index (χ4n) is 3.14. The number of carbonyl (C=O) groups excluding carboxylic acids is 1. The van der Waals surface area contributed by atoms with Gasteiger partial charge in [0, 0.05) is 18.5 Å². The highest BCUT2D eigenvalue weighted by atomic mass is 32.2. The van der Waals surface area contributed by atoms with E-state index in [1.807, 2.05) is 42.5 Å². The second-order valence-corrected chi connectivity index (χ2v) is 8.48. The summed E-state index contributed by atoms with van der Waals surface area (Å²) >= 11 is 6.60. The number of aromatic nitrogens is 1. The molecule has 1 aromatic carbocycles. The van der Waals surface area contributed by atoms with Crippen molar-refractivity contribution in [2.75, 3.05) is 6.54 Å². The van der Waals surface area contributed by atoms with Gasteiger partial charge in [0.1, 0.15) is 4.32 Å². The lowest BCUT2D eigenvalue weighted by atomic mass is 10.0. The number of hydrogen-bond acceptors (Lipinski definition) is 6. The van der Waals surface area contributed by atoms with Crippen LogP contribution in [0.2, 0.25) is 0 Å². The molecule has 1 aliphatic heterocycles.